The van der Waals surface area contributed by atoms with E-state index in [4.69, 9.17) is 11.6 Å². The van der Waals surface area contributed by atoms with Gasteiger partial charge in [-0.25, -0.2) is 4.39 Å². The third-order valence-electron chi connectivity index (χ3n) is 3.40. The lowest BCUT2D eigenvalue weighted by Crippen LogP contribution is -2.26. The van der Waals surface area contributed by atoms with E-state index in [-0.39, 0.29) is 10.8 Å². The molecule has 18 heavy (non-hydrogen) atoms. The van der Waals surface area contributed by atoms with E-state index in [9.17, 15) is 4.39 Å². The van der Waals surface area contributed by atoms with Crippen molar-refractivity contribution in [1.82, 2.24) is 5.32 Å². The van der Waals surface area contributed by atoms with Crippen molar-refractivity contribution in [1.29, 1.82) is 0 Å². The molecule has 2 unspecified atom stereocenters. The van der Waals surface area contributed by atoms with Crippen LogP contribution in [0.15, 0.2) is 18.2 Å². The van der Waals surface area contributed by atoms with Gasteiger partial charge >= 0.3 is 0 Å². The number of thioether (sulfide) groups is 1. The molecule has 1 aromatic carbocycles. The zero-order valence-electron chi connectivity index (χ0n) is 10.6. The van der Waals surface area contributed by atoms with E-state index in [2.05, 4.69) is 12.2 Å². The van der Waals surface area contributed by atoms with E-state index in [1.54, 1.807) is 6.07 Å². The van der Waals surface area contributed by atoms with Crippen LogP contribution in [0.1, 0.15) is 31.7 Å². The van der Waals surface area contributed by atoms with Crippen molar-refractivity contribution in [3.8, 4) is 0 Å². The van der Waals surface area contributed by atoms with Gasteiger partial charge in [-0.05, 0) is 36.6 Å². The summed E-state index contributed by atoms with van der Waals surface area (Å²) in [4.78, 5) is 0. The van der Waals surface area contributed by atoms with Crippen LogP contribution >= 0.6 is 23.4 Å². The summed E-state index contributed by atoms with van der Waals surface area (Å²) < 4.78 is 13.3. The maximum Gasteiger partial charge on any atom is 0.142 e. The van der Waals surface area contributed by atoms with E-state index in [0.29, 0.717) is 12.6 Å². The third-order valence-corrected chi connectivity index (χ3v) is 5.06. The molecule has 0 spiro atoms. The molecule has 1 aromatic rings. The van der Waals surface area contributed by atoms with Gasteiger partial charge in [-0.3, -0.25) is 0 Å². The first-order valence-electron chi connectivity index (χ1n) is 6.48. The lowest BCUT2D eigenvalue weighted by Gasteiger charge is -2.14. The average Bonchev–Trinajstić information content (AvgIpc) is 2.79. The van der Waals surface area contributed by atoms with Crippen LogP contribution in [0.2, 0.25) is 5.02 Å². The molecule has 0 heterocycles. The van der Waals surface area contributed by atoms with Gasteiger partial charge in [-0.2, -0.15) is 11.8 Å². The van der Waals surface area contributed by atoms with E-state index in [1.165, 1.54) is 31.1 Å². The highest BCUT2D eigenvalue weighted by atomic mass is 35.5. The molecular formula is C14H19ClFNS. The molecule has 100 valence electrons. The molecule has 2 rings (SSSR count). The second kappa shape index (κ2) is 6.78. The van der Waals surface area contributed by atoms with Gasteiger partial charge in [-0.1, -0.05) is 30.7 Å². The number of halogens is 2. The number of rotatable bonds is 5. The molecule has 1 saturated carbocycles. The first-order valence-corrected chi connectivity index (χ1v) is 7.91. The topological polar surface area (TPSA) is 12.0 Å². The van der Waals surface area contributed by atoms with Crippen molar-refractivity contribution >= 4 is 23.4 Å². The average molecular weight is 288 g/mol. The summed E-state index contributed by atoms with van der Waals surface area (Å²) in [7, 11) is 0. The highest BCUT2D eigenvalue weighted by molar-refractivity contribution is 7.99. The van der Waals surface area contributed by atoms with Crippen LogP contribution in [-0.4, -0.2) is 17.0 Å². The molecule has 1 fully saturated rings. The number of hydrogen-bond donors (Lipinski definition) is 1. The molecule has 0 saturated heterocycles. The van der Waals surface area contributed by atoms with Crippen LogP contribution in [0, 0.1) is 5.82 Å². The lowest BCUT2D eigenvalue weighted by molar-refractivity contribution is 0.523. The van der Waals surface area contributed by atoms with Gasteiger partial charge in [0.05, 0.1) is 5.02 Å². The Morgan fingerprint density at radius 3 is 3.06 bits per heavy atom. The van der Waals surface area contributed by atoms with Gasteiger partial charge in [0.15, 0.2) is 0 Å². The molecule has 0 bridgehead atoms. The second-order valence-corrected chi connectivity index (χ2v) is 6.64. The summed E-state index contributed by atoms with van der Waals surface area (Å²) in [5.41, 5.74) is 0.850. The zero-order chi connectivity index (χ0) is 13.0. The normalized spacial score (nSPS) is 23.5. The minimum absolute atomic E-state index is 0.252. The maximum absolute atomic E-state index is 13.3. The first-order chi connectivity index (χ1) is 8.70. The SMILES string of the molecule is CCSC1CCC(NCc2cccc(F)c2Cl)C1. The fourth-order valence-electron chi connectivity index (χ4n) is 2.45. The van der Waals surface area contributed by atoms with E-state index in [0.717, 1.165) is 10.8 Å². The Kier molecular flexibility index (Phi) is 5.34. The standard InChI is InChI=1S/C14H19ClFNS/c1-2-18-12-7-6-11(8-12)17-9-10-4-3-5-13(16)14(10)15/h3-5,11-12,17H,2,6-9H2,1H3. The fraction of sp³-hybridized carbons (Fsp3) is 0.571. The highest BCUT2D eigenvalue weighted by Gasteiger charge is 2.24. The van der Waals surface area contributed by atoms with Crippen molar-refractivity contribution in [2.24, 2.45) is 0 Å². The Balaban J connectivity index is 1.83. The van der Waals surface area contributed by atoms with Gasteiger partial charge in [0.1, 0.15) is 5.82 Å². The Labute approximate surface area is 117 Å². The van der Waals surface area contributed by atoms with Crippen molar-refractivity contribution in [3.05, 3.63) is 34.6 Å². The van der Waals surface area contributed by atoms with Crippen LogP contribution in [0.4, 0.5) is 4.39 Å². The summed E-state index contributed by atoms with van der Waals surface area (Å²) in [6, 6.07) is 5.54. The molecule has 0 amide bonds. The second-order valence-electron chi connectivity index (χ2n) is 4.68. The fourth-order valence-corrected chi connectivity index (χ4v) is 3.79. The van der Waals surface area contributed by atoms with Gasteiger partial charge in [0.2, 0.25) is 0 Å². The molecule has 2 atom stereocenters. The summed E-state index contributed by atoms with van der Waals surface area (Å²) >= 11 is 7.98. The zero-order valence-corrected chi connectivity index (χ0v) is 12.2. The van der Waals surface area contributed by atoms with Gasteiger partial charge in [-0.15, -0.1) is 0 Å². The van der Waals surface area contributed by atoms with E-state index in [1.807, 2.05) is 17.8 Å². The molecule has 1 aliphatic carbocycles. The quantitative estimate of drug-likeness (QED) is 0.869. The maximum atomic E-state index is 13.3. The number of benzene rings is 1. The molecule has 0 aromatic heterocycles. The van der Waals surface area contributed by atoms with Gasteiger partial charge in [0.25, 0.3) is 0 Å². The Hall–Kier alpha value is -0.250. The highest BCUT2D eigenvalue weighted by Crippen LogP contribution is 2.30. The minimum atomic E-state index is -0.332. The van der Waals surface area contributed by atoms with Crippen molar-refractivity contribution < 1.29 is 4.39 Å². The van der Waals surface area contributed by atoms with Crippen LogP contribution in [0.5, 0.6) is 0 Å². The molecule has 1 aliphatic rings. The smallest absolute Gasteiger partial charge is 0.142 e. The third kappa shape index (κ3) is 3.62. The van der Waals surface area contributed by atoms with Crippen LogP contribution in [0.25, 0.3) is 0 Å². The van der Waals surface area contributed by atoms with Crippen molar-refractivity contribution in [3.63, 3.8) is 0 Å². The summed E-state index contributed by atoms with van der Waals surface area (Å²) in [6.45, 7) is 2.86. The van der Waals surface area contributed by atoms with E-state index < -0.39 is 0 Å². The Morgan fingerprint density at radius 2 is 2.28 bits per heavy atom. The van der Waals surface area contributed by atoms with Crippen LogP contribution < -0.4 is 5.32 Å². The molecule has 0 radical (unpaired) electrons. The van der Waals surface area contributed by atoms with Gasteiger partial charge in [0, 0.05) is 17.8 Å². The molecular weight excluding hydrogens is 269 g/mol. The first kappa shape index (κ1) is 14.2. The predicted octanol–water partition coefficient (Wildman–Crippen LogP) is 4.24. The van der Waals surface area contributed by atoms with Crippen molar-refractivity contribution in [2.75, 3.05) is 5.75 Å². The van der Waals surface area contributed by atoms with Gasteiger partial charge < -0.3 is 5.32 Å². The van der Waals surface area contributed by atoms with Crippen LogP contribution in [-0.2, 0) is 6.54 Å². The monoisotopic (exact) mass is 287 g/mol. The Morgan fingerprint density at radius 1 is 1.44 bits per heavy atom. The lowest BCUT2D eigenvalue weighted by atomic mass is 10.2. The van der Waals surface area contributed by atoms with Crippen LogP contribution in [0.3, 0.4) is 0 Å². The summed E-state index contributed by atoms with van der Waals surface area (Å²) in [6.07, 6.45) is 3.71. The molecule has 1 N–H and O–H groups in total. The summed E-state index contributed by atoms with van der Waals surface area (Å²) in [5.74, 6) is 0.856. The molecule has 1 nitrogen and oxygen atoms in total. The Bertz CT molecular complexity index is 399. The molecule has 0 aliphatic heterocycles. The number of hydrogen-bond acceptors (Lipinski definition) is 2. The minimum Gasteiger partial charge on any atom is -0.310 e. The number of nitrogens with one attached hydrogen (secondary N) is 1. The summed E-state index contributed by atoms with van der Waals surface area (Å²) in [5, 5.41) is 4.53. The van der Waals surface area contributed by atoms with E-state index >= 15 is 0 Å². The predicted molar refractivity (Wildman–Crippen MR) is 77.8 cm³/mol. The van der Waals surface area contributed by atoms with Crippen molar-refractivity contribution in [2.45, 2.75) is 44.0 Å². The molecule has 4 heteroatoms. The largest absolute Gasteiger partial charge is 0.310 e.